The average molecular weight is 394 g/mol. The first-order valence-electron chi connectivity index (χ1n) is 8.58. The third-order valence-electron chi connectivity index (χ3n) is 4.93. The fraction of sp³-hybridized carbons (Fsp3) is 0.556. The number of nitrogens with one attached hydrogen (secondary N) is 3. The molecule has 0 radical (unpaired) electrons. The van der Waals surface area contributed by atoms with E-state index in [9.17, 15) is 9.59 Å². The fourth-order valence-corrected chi connectivity index (χ4v) is 4.03. The van der Waals surface area contributed by atoms with Gasteiger partial charge >= 0.3 is 0 Å². The zero-order valence-electron chi connectivity index (χ0n) is 13.9. The molecule has 2 atom stereocenters. The highest BCUT2D eigenvalue weighted by molar-refractivity contribution is 9.10. The number of hydrogen-bond donors (Lipinski definition) is 3. The van der Waals surface area contributed by atoms with Crippen molar-refractivity contribution < 1.29 is 9.59 Å². The first-order valence-corrected chi connectivity index (χ1v) is 9.37. The monoisotopic (exact) mass is 393 g/mol. The number of carbonyl (C=O) groups excluding carboxylic acids is 2. The number of amides is 2. The predicted molar refractivity (Wildman–Crippen MR) is 97.8 cm³/mol. The van der Waals surface area contributed by atoms with Gasteiger partial charge in [-0.25, -0.2) is 0 Å². The quantitative estimate of drug-likeness (QED) is 0.719. The number of halogens is 1. The summed E-state index contributed by atoms with van der Waals surface area (Å²) < 4.78 is 1.00. The molecular weight excluding hydrogens is 370 g/mol. The molecule has 1 aromatic rings. The summed E-state index contributed by atoms with van der Waals surface area (Å²) in [7, 11) is 0. The van der Waals surface area contributed by atoms with Gasteiger partial charge in [-0.05, 0) is 62.3 Å². The molecule has 2 fully saturated rings. The van der Waals surface area contributed by atoms with Crippen LogP contribution in [0.1, 0.15) is 37.7 Å². The van der Waals surface area contributed by atoms with Crippen LogP contribution >= 0.6 is 15.9 Å². The smallest absolute Gasteiger partial charge is 0.243 e. The van der Waals surface area contributed by atoms with Crippen LogP contribution in [0.4, 0.5) is 5.69 Å². The molecule has 130 valence electrons. The maximum atomic E-state index is 12.1. The van der Waals surface area contributed by atoms with Crippen molar-refractivity contribution in [3.63, 3.8) is 0 Å². The Kier molecular flexibility index (Phi) is 5.56. The van der Waals surface area contributed by atoms with E-state index in [0.29, 0.717) is 24.4 Å². The van der Waals surface area contributed by atoms with Crippen molar-refractivity contribution in [1.29, 1.82) is 0 Å². The van der Waals surface area contributed by atoms with Gasteiger partial charge in [0, 0.05) is 28.7 Å². The first kappa shape index (κ1) is 17.4. The SMILES string of the molecule is Cc1cc(NC(=O)CNC(=O)CC2CC3CCC(C2)N3)ccc1Br. The van der Waals surface area contributed by atoms with Crippen molar-refractivity contribution in [3.8, 4) is 0 Å². The first-order chi connectivity index (χ1) is 11.5. The number of carbonyl (C=O) groups is 2. The van der Waals surface area contributed by atoms with Crippen molar-refractivity contribution in [2.45, 2.75) is 51.1 Å². The van der Waals surface area contributed by atoms with Crippen molar-refractivity contribution in [2.24, 2.45) is 5.92 Å². The molecule has 2 saturated heterocycles. The molecule has 6 heteroatoms. The molecule has 2 unspecified atom stereocenters. The van der Waals surface area contributed by atoms with E-state index >= 15 is 0 Å². The third kappa shape index (κ3) is 4.57. The lowest BCUT2D eigenvalue weighted by Gasteiger charge is -2.28. The van der Waals surface area contributed by atoms with E-state index in [1.807, 2.05) is 25.1 Å². The van der Waals surface area contributed by atoms with Crippen LogP contribution in [0.5, 0.6) is 0 Å². The Balaban J connectivity index is 1.40. The molecule has 1 aromatic carbocycles. The van der Waals surface area contributed by atoms with Gasteiger partial charge in [0.1, 0.15) is 0 Å². The zero-order chi connectivity index (χ0) is 17.1. The summed E-state index contributed by atoms with van der Waals surface area (Å²) in [5.74, 6) is 0.222. The minimum atomic E-state index is -0.199. The second kappa shape index (κ2) is 7.66. The van der Waals surface area contributed by atoms with Gasteiger partial charge in [-0.3, -0.25) is 9.59 Å². The zero-order valence-corrected chi connectivity index (χ0v) is 15.5. The van der Waals surface area contributed by atoms with Gasteiger partial charge in [-0.15, -0.1) is 0 Å². The van der Waals surface area contributed by atoms with Crippen LogP contribution in [0.25, 0.3) is 0 Å². The molecule has 2 heterocycles. The Morgan fingerprint density at radius 2 is 1.92 bits per heavy atom. The Morgan fingerprint density at radius 1 is 1.21 bits per heavy atom. The van der Waals surface area contributed by atoms with E-state index in [2.05, 4.69) is 31.9 Å². The lowest BCUT2D eigenvalue weighted by molar-refractivity contribution is -0.125. The van der Waals surface area contributed by atoms with Crippen LogP contribution in [-0.4, -0.2) is 30.4 Å². The number of fused-ring (bicyclic) bond motifs is 2. The summed E-state index contributed by atoms with van der Waals surface area (Å²) in [4.78, 5) is 24.1. The van der Waals surface area contributed by atoms with Crippen LogP contribution in [0.15, 0.2) is 22.7 Å². The van der Waals surface area contributed by atoms with E-state index in [4.69, 9.17) is 0 Å². The molecule has 5 nitrogen and oxygen atoms in total. The molecule has 2 aliphatic rings. The van der Waals surface area contributed by atoms with Crippen molar-refractivity contribution in [1.82, 2.24) is 10.6 Å². The van der Waals surface area contributed by atoms with E-state index in [1.54, 1.807) is 0 Å². The summed E-state index contributed by atoms with van der Waals surface area (Å²) >= 11 is 3.43. The van der Waals surface area contributed by atoms with Crippen molar-refractivity contribution in [2.75, 3.05) is 11.9 Å². The normalized spacial score (nSPS) is 25.3. The molecule has 2 aliphatic heterocycles. The largest absolute Gasteiger partial charge is 0.347 e. The van der Waals surface area contributed by atoms with Gasteiger partial charge in [0.15, 0.2) is 0 Å². The molecule has 3 N–H and O–H groups in total. The molecular formula is C18H24BrN3O2. The van der Waals surface area contributed by atoms with E-state index < -0.39 is 0 Å². The standard InChI is InChI=1S/C18H24BrN3O2/c1-11-6-13(4-5-16(11)19)22-18(24)10-20-17(23)9-12-7-14-2-3-15(8-12)21-14/h4-6,12,14-15,21H,2-3,7-10H2,1H3,(H,20,23)(H,22,24). The topological polar surface area (TPSA) is 70.2 Å². The van der Waals surface area contributed by atoms with Gasteiger partial charge in [-0.1, -0.05) is 15.9 Å². The molecule has 0 spiro atoms. The lowest BCUT2D eigenvalue weighted by atomic mass is 9.89. The second-order valence-electron chi connectivity index (χ2n) is 6.97. The molecule has 2 bridgehead atoms. The van der Waals surface area contributed by atoms with Crippen molar-refractivity contribution in [3.05, 3.63) is 28.2 Å². The van der Waals surface area contributed by atoms with Crippen LogP contribution in [0.2, 0.25) is 0 Å². The van der Waals surface area contributed by atoms with E-state index in [-0.39, 0.29) is 18.4 Å². The van der Waals surface area contributed by atoms with Crippen LogP contribution in [-0.2, 0) is 9.59 Å². The Bertz CT molecular complexity index is 623. The van der Waals surface area contributed by atoms with Crippen LogP contribution in [0, 0.1) is 12.8 Å². The minimum absolute atomic E-state index is 0.0196. The summed E-state index contributed by atoms with van der Waals surface area (Å²) in [6.07, 6.45) is 5.15. The molecule has 24 heavy (non-hydrogen) atoms. The Labute approximate surface area is 151 Å². The number of rotatable bonds is 5. The molecule has 0 saturated carbocycles. The average Bonchev–Trinajstić information content (AvgIpc) is 2.88. The van der Waals surface area contributed by atoms with Gasteiger partial charge < -0.3 is 16.0 Å². The van der Waals surface area contributed by atoms with Gasteiger partial charge in [-0.2, -0.15) is 0 Å². The summed E-state index contributed by atoms with van der Waals surface area (Å²) in [5.41, 5.74) is 1.79. The van der Waals surface area contributed by atoms with E-state index in [0.717, 1.165) is 28.6 Å². The molecule has 2 amide bonds. The minimum Gasteiger partial charge on any atom is -0.347 e. The molecule has 0 aliphatic carbocycles. The molecule has 3 rings (SSSR count). The lowest BCUT2D eigenvalue weighted by Crippen LogP contribution is -2.40. The number of hydrogen-bond acceptors (Lipinski definition) is 3. The number of anilines is 1. The number of aryl methyl sites for hydroxylation is 1. The highest BCUT2D eigenvalue weighted by Crippen LogP contribution is 2.32. The summed E-state index contributed by atoms with van der Waals surface area (Å²) in [6, 6.07) is 6.81. The van der Waals surface area contributed by atoms with Gasteiger partial charge in [0.2, 0.25) is 11.8 Å². The fourth-order valence-electron chi connectivity index (χ4n) is 3.78. The predicted octanol–water partition coefficient (Wildman–Crippen LogP) is 2.73. The summed E-state index contributed by atoms with van der Waals surface area (Å²) in [6.45, 7) is 1.99. The third-order valence-corrected chi connectivity index (χ3v) is 5.82. The highest BCUT2D eigenvalue weighted by atomic mass is 79.9. The Hall–Kier alpha value is -1.40. The molecule has 0 aromatic heterocycles. The summed E-state index contributed by atoms with van der Waals surface area (Å²) in [5, 5.41) is 9.13. The van der Waals surface area contributed by atoms with Crippen LogP contribution in [0.3, 0.4) is 0 Å². The maximum Gasteiger partial charge on any atom is 0.243 e. The number of benzene rings is 1. The van der Waals surface area contributed by atoms with Gasteiger partial charge in [0.05, 0.1) is 6.54 Å². The highest BCUT2D eigenvalue weighted by Gasteiger charge is 2.34. The second-order valence-corrected chi connectivity index (χ2v) is 7.82. The van der Waals surface area contributed by atoms with Crippen LogP contribution < -0.4 is 16.0 Å². The van der Waals surface area contributed by atoms with E-state index in [1.165, 1.54) is 12.8 Å². The maximum absolute atomic E-state index is 12.1. The number of piperidine rings is 1. The van der Waals surface area contributed by atoms with Crippen molar-refractivity contribution >= 4 is 33.4 Å². The van der Waals surface area contributed by atoms with Gasteiger partial charge in [0.25, 0.3) is 0 Å². The Morgan fingerprint density at radius 3 is 2.58 bits per heavy atom.